The van der Waals surface area contributed by atoms with Gasteiger partial charge < -0.3 is 9.22 Å². The van der Waals surface area contributed by atoms with Gasteiger partial charge >= 0.3 is 0 Å². The molecule has 3 nitrogen and oxygen atoms in total. The number of aldehydes is 1. The maximum Gasteiger partial charge on any atom is 0.250 e. The minimum absolute atomic E-state index is 0.149. The summed E-state index contributed by atoms with van der Waals surface area (Å²) in [4.78, 5) is 15.4. The Hall–Kier alpha value is -1.07. The molecule has 0 N–H and O–H groups in total. The Morgan fingerprint density at radius 1 is 1.33 bits per heavy atom. The van der Waals surface area contributed by atoms with Crippen molar-refractivity contribution in [3.8, 4) is 5.75 Å². The van der Waals surface area contributed by atoms with Gasteiger partial charge in [-0.1, -0.05) is 32.9 Å². The Morgan fingerprint density at radius 3 is 2.57 bits per heavy atom. The first-order valence-electron chi connectivity index (χ1n) is 7.19. The van der Waals surface area contributed by atoms with Crippen LogP contribution in [0.3, 0.4) is 0 Å². The van der Waals surface area contributed by atoms with Crippen LogP contribution in [-0.4, -0.2) is 31.4 Å². The fraction of sp³-hybridized carbons (Fsp3) is 0.500. The number of carbonyl (C=O) groups is 1. The lowest BCUT2D eigenvalue weighted by Gasteiger charge is -2.37. The molecule has 2 rings (SSSR count). The van der Waals surface area contributed by atoms with E-state index in [1.165, 1.54) is 0 Å². The normalized spacial score (nSPS) is 19.3. The van der Waals surface area contributed by atoms with E-state index < -0.39 is 8.32 Å². The summed E-state index contributed by atoms with van der Waals surface area (Å²) in [5.74, 6) is 1.62. The lowest BCUT2D eigenvalue weighted by Crippen LogP contribution is -2.44. The van der Waals surface area contributed by atoms with Gasteiger partial charge in [0.05, 0.1) is 0 Å². The van der Waals surface area contributed by atoms with Gasteiger partial charge in [-0.2, -0.15) is 0 Å². The largest absolute Gasteiger partial charge is 0.543 e. The summed E-state index contributed by atoms with van der Waals surface area (Å²) < 4.78 is 6.44. The van der Waals surface area contributed by atoms with Crippen LogP contribution in [0.1, 0.15) is 26.3 Å². The molecule has 21 heavy (non-hydrogen) atoms. The molecule has 0 aliphatic carbocycles. The third-order valence-corrected chi connectivity index (χ3v) is 9.57. The Balaban J connectivity index is 2.33. The number of para-hydroxylation sites is 1. The molecule has 0 fully saturated rings. The van der Waals surface area contributed by atoms with Crippen molar-refractivity contribution in [2.75, 3.05) is 5.75 Å². The van der Waals surface area contributed by atoms with Crippen LogP contribution in [0.25, 0.3) is 0 Å². The average Bonchev–Trinajstić information content (AvgIpc) is 2.86. The van der Waals surface area contributed by atoms with Gasteiger partial charge in [0.15, 0.2) is 0 Å². The van der Waals surface area contributed by atoms with Crippen molar-refractivity contribution in [3.63, 3.8) is 0 Å². The third kappa shape index (κ3) is 3.58. The lowest BCUT2D eigenvalue weighted by molar-refractivity contribution is -0.108. The van der Waals surface area contributed by atoms with Crippen LogP contribution in [0.4, 0.5) is 0 Å². The number of hydrogen-bond acceptors (Lipinski definition) is 4. The summed E-state index contributed by atoms with van der Waals surface area (Å²) in [5, 5.41) is 1.07. The van der Waals surface area contributed by atoms with Gasteiger partial charge in [0.2, 0.25) is 0 Å². The molecule has 0 bridgehead atoms. The standard InChI is InChI=1S/C16H23NO2SSi/c1-16(2,3)21(4,5)19-14-9-7-6-8-13(14)15-17-12(10-18)11-20-15/h6-10,12H,11H2,1-5H3/t12-/m0/s1. The molecule has 5 heteroatoms. The molecular weight excluding hydrogens is 298 g/mol. The molecule has 0 amide bonds. The fourth-order valence-electron chi connectivity index (χ4n) is 1.77. The van der Waals surface area contributed by atoms with Gasteiger partial charge in [-0.15, -0.1) is 11.8 Å². The molecule has 1 atom stereocenters. The first kappa shape index (κ1) is 16.3. The van der Waals surface area contributed by atoms with E-state index >= 15 is 0 Å². The summed E-state index contributed by atoms with van der Waals surface area (Å²) >= 11 is 1.63. The number of rotatable bonds is 4. The van der Waals surface area contributed by atoms with Gasteiger partial charge in [0.25, 0.3) is 8.32 Å². The second-order valence-electron chi connectivity index (χ2n) is 6.81. The van der Waals surface area contributed by atoms with Gasteiger partial charge in [0.1, 0.15) is 23.1 Å². The monoisotopic (exact) mass is 321 g/mol. The summed E-state index contributed by atoms with van der Waals surface area (Å²) in [6, 6.07) is 7.80. The molecule has 1 aliphatic rings. The maximum absolute atomic E-state index is 10.9. The molecule has 0 saturated heterocycles. The molecule has 1 aromatic carbocycles. The van der Waals surface area contributed by atoms with Crippen molar-refractivity contribution in [1.82, 2.24) is 0 Å². The second kappa shape index (κ2) is 5.97. The average molecular weight is 322 g/mol. The fourth-order valence-corrected chi connectivity index (χ4v) is 3.82. The predicted octanol–water partition coefficient (Wildman–Crippen LogP) is 4.13. The quantitative estimate of drug-likeness (QED) is 0.618. The summed E-state index contributed by atoms with van der Waals surface area (Å²) in [6.45, 7) is 11.2. The van der Waals surface area contributed by atoms with Crippen LogP contribution in [-0.2, 0) is 4.79 Å². The van der Waals surface area contributed by atoms with Gasteiger partial charge in [-0.05, 0) is 30.3 Å². The highest BCUT2D eigenvalue weighted by Gasteiger charge is 2.39. The van der Waals surface area contributed by atoms with Gasteiger partial charge in [-0.3, -0.25) is 4.99 Å². The Kier molecular flexibility index (Phi) is 4.63. The number of aliphatic imine (C=N–C) groups is 1. The van der Waals surface area contributed by atoms with Gasteiger partial charge in [-0.25, -0.2) is 0 Å². The van der Waals surface area contributed by atoms with Crippen molar-refractivity contribution in [1.29, 1.82) is 0 Å². The van der Waals surface area contributed by atoms with Crippen LogP contribution >= 0.6 is 11.8 Å². The van der Waals surface area contributed by atoms with Crippen LogP contribution in [0, 0.1) is 0 Å². The summed E-state index contributed by atoms with van der Waals surface area (Å²) in [6.07, 6.45) is 0.914. The second-order valence-corrected chi connectivity index (χ2v) is 12.5. The smallest absolute Gasteiger partial charge is 0.250 e. The maximum atomic E-state index is 10.9. The molecule has 1 aromatic rings. The molecular formula is C16H23NO2SSi. The number of carbonyl (C=O) groups excluding carboxylic acids is 1. The molecule has 0 radical (unpaired) electrons. The zero-order valence-electron chi connectivity index (χ0n) is 13.3. The molecule has 1 heterocycles. The summed E-state index contributed by atoms with van der Waals surface area (Å²) in [7, 11) is -1.89. The van der Waals surface area contributed by atoms with E-state index in [2.05, 4.69) is 38.9 Å². The van der Waals surface area contributed by atoms with Crippen LogP contribution in [0.5, 0.6) is 5.75 Å². The highest BCUT2D eigenvalue weighted by Crippen LogP contribution is 2.39. The van der Waals surface area contributed by atoms with E-state index in [-0.39, 0.29) is 11.1 Å². The topological polar surface area (TPSA) is 38.7 Å². The van der Waals surface area contributed by atoms with Crippen molar-refractivity contribution in [2.45, 2.75) is 44.9 Å². The Morgan fingerprint density at radius 2 is 2.00 bits per heavy atom. The van der Waals surface area contributed by atoms with E-state index in [0.29, 0.717) is 0 Å². The third-order valence-electron chi connectivity index (χ3n) is 4.12. The van der Waals surface area contributed by atoms with Crippen molar-refractivity contribution in [3.05, 3.63) is 29.8 Å². The highest BCUT2D eigenvalue weighted by molar-refractivity contribution is 8.14. The van der Waals surface area contributed by atoms with Crippen molar-refractivity contribution < 1.29 is 9.22 Å². The minimum atomic E-state index is -1.89. The van der Waals surface area contributed by atoms with E-state index in [1.54, 1.807) is 11.8 Å². The predicted molar refractivity (Wildman–Crippen MR) is 93.1 cm³/mol. The van der Waals surface area contributed by atoms with E-state index in [1.807, 2.05) is 24.3 Å². The van der Waals surface area contributed by atoms with E-state index in [4.69, 9.17) is 4.43 Å². The molecule has 1 aliphatic heterocycles. The Bertz CT molecular complexity index is 564. The number of hydrogen-bond donors (Lipinski definition) is 0. The van der Waals surface area contributed by atoms with Crippen molar-refractivity contribution >= 4 is 31.4 Å². The Labute approximate surface area is 132 Å². The lowest BCUT2D eigenvalue weighted by atomic mass is 10.2. The molecule has 0 saturated carbocycles. The first-order chi connectivity index (χ1) is 9.74. The minimum Gasteiger partial charge on any atom is -0.543 e. The number of benzene rings is 1. The zero-order valence-corrected chi connectivity index (χ0v) is 15.2. The number of nitrogens with zero attached hydrogens (tertiary/aromatic N) is 1. The van der Waals surface area contributed by atoms with Crippen LogP contribution in [0.2, 0.25) is 18.1 Å². The summed E-state index contributed by atoms with van der Waals surface area (Å²) in [5.41, 5.74) is 1.01. The number of thioether (sulfide) groups is 1. The molecule has 0 aromatic heterocycles. The van der Waals surface area contributed by atoms with Gasteiger partial charge in [0, 0.05) is 11.3 Å². The van der Waals surface area contributed by atoms with E-state index in [0.717, 1.165) is 28.4 Å². The van der Waals surface area contributed by atoms with E-state index in [9.17, 15) is 4.79 Å². The van der Waals surface area contributed by atoms with Crippen LogP contribution in [0.15, 0.2) is 29.3 Å². The highest BCUT2D eigenvalue weighted by atomic mass is 32.2. The molecule has 114 valence electrons. The van der Waals surface area contributed by atoms with Crippen LogP contribution < -0.4 is 4.43 Å². The first-order valence-corrected chi connectivity index (χ1v) is 11.1. The molecule has 0 spiro atoms. The SMILES string of the molecule is CC(C)(C)[Si](C)(C)Oc1ccccc1C1=N[C@@H](C=O)CS1. The van der Waals surface area contributed by atoms with Crippen molar-refractivity contribution in [2.24, 2.45) is 4.99 Å². The zero-order chi connectivity index (χ0) is 15.7. The molecule has 0 unspecified atom stereocenters.